The van der Waals surface area contributed by atoms with E-state index in [9.17, 15) is 24.9 Å². The largest absolute Gasteiger partial charge is 0.489 e. The molecule has 172 valence electrons. The number of aliphatic hydroxyl groups is 3. The molecule has 3 rings (SSSR count). The van der Waals surface area contributed by atoms with Gasteiger partial charge in [0, 0.05) is 14.2 Å². The zero-order valence-electron chi connectivity index (χ0n) is 17.6. The molecular formula is C22H26N2O7S. The van der Waals surface area contributed by atoms with Crippen molar-refractivity contribution >= 4 is 34.9 Å². The molecule has 1 aromatic heterocycles. The van der Waals surface area contributed by atoms with E-state index in [1.165, 1.54) is 29.4 Å². The highest BCUT2D eigenvalue weighted by Gasteiger charge is 2.38. The molecule has 1 aromatic carbocycles. The predicted octanol–water partition coefficient (Wildman–Crippen LogP) is 0.399. The standard InChI is InChI=1S/C22H26N2O7S/c1-24-15-5-3-4-6-17(15)31-11-14(22(24)29)23-21(28)20(30-2)19(27)18(26)16(25)8-7-13-9-10-32-12-13/h3-10,12,14,16,18-20,25-27H,11H2,1-2H3,(H,23,28)/b8-7+/t14-,16+,18-,19+,20+/m0/s1. The summed E-state index contributed by atoms with van der Waals surface area (Å²) in [6, 6.07) is 7.76. The third-order valence-electron chi connectivity index (χ3n) is 5.13. The van der Waals surface area contributed by atoms with Crippen LogP contribution in [-0.4, -0.2) is 78.4 Å². The van der Waals surface area contributed by atoms with Crippen molar-refractivity contribution in [2.75, 3.05) is 25.7 Å². The van der Waals surface area contributed by atoms with E-state index in [1.807, 2.05) is 16.8 Å². The Morgan fingerprint density at radius 1 is 1.28 bits per heavy atom. The van der Waals surface area contributed by atoms with Crippen molar-refractivity contribution in [2.24, 2.45) is 0 Å². The number of benzene rings is 1. The Balaban J connectivity index is 1.65. The van der Waals surface area contributed by atoms with E-state index in [1.54, 1.807) is 37.4 Å². The second kappa shape index (κ2) is 10.7. The van der Waals surface area contributed by atoms with Crippen LogP contribution >= 0.6 is 11.3 Å². The van der Waals surface area contributed by atoms with Crippen LogP contribution < -0.4 is 15.0 Å². The Labute approximate surface area is 189 Å². The number of amides is 2. The maximum absolute atomic E-state index is 12.8. The van der Waals surface area contributed by atoms with Crippen LogP contribution in [0.15, 0.2) is 47.2 Å². The molecule has 32 heavy (non-hydrogen) atoms. The maximum atomic E-state index is 12.8. The summed E-state index contributed by atoms with van der Waals surface area (Å²) in [5, 5.41) is 37.2. The fraction of sp³-hybridized carbons (Fsp3) is 0.364. The van der Waals surface area contributed by atoms with Gasteiger partial charge in [-0.25, -0.2) is 0 Å². The number of carbonyl (C=O) groups excluding carboxylic acids is 2. The quantitative estimate of drug-likeness (QED) is 0.447. The van der Waals surface area contributed by atoms with Gasteiger partial charge in [0.15, 0.2) is 6.10 Å². The van der Waals surface area contributed by atoms with Crippen LogP contribution in [-0.2, 0) is 14.3 Å². The first-order valence-electron chi connectivity index (χ1n) is 9.90. The second-order valence-electron chi connectivity index (χ2n) is 7.28. The number of hydrogen-bond donors (Lipinski definition) is 4. The first kappa shape index (κ1) is 23.9. The number of carbonyl (C=O) groups is 2. The molecule has 0 fully saturated rings. The molecule has 4 N–H and O–H groups in total. The number of thiophene rings is 1. The van der Waals surface area contributed by atoms with Gasteiger partial charge in [-0.15, -0.1) is 0 Å². The van der Waals surface area contributed by atoms with E-state index in [4.69, 9.17) is 9.47 Å². The van der Waals surface area contributed by atoms with Gasteiger partial charge in [-0.1, -0.05) is 24.3 Å². The second-order valence-corrected chi connectivity index (χ2v) is 8.06. The molecule has 2 aromatic rings. The van der Waals surface area contributed by atoms with Gasteiger partial charge in [0.25, 0.3) is 11.8 Å². The number of ether oxygens (including phenoxy) is 2. The van der Waals surface area contributed by atoms with Crippen molar-refractivity contribution in [1.82, 2.24) is 5.32 Å². The smallest absolute Gasteiger partial charge is 0.252 e. The highest BCUT2D eigenvalue weighted by molar-refractivity contribution is 7.08. The minimum atomic E-state index is -1.75. The first-order valence-corrected chi connectivity index (χ1v) is 10.8. The van der Waals surface area contributed by atoms with Gasteiger partial charge in [-0.3, -0.25) is 9.59 Å². The summed E-state index contributed by atoms with van der Waals surface area (Å²) in [7, 11) is 2.75. The minimum absolute atomic E-state index is 0.118. The Hall–Kier alpha value is -2.76. The fourth-order valence-corrected chi connectivity index (χ4v) is 3.92. The van der Waals surface area contributed by atoms with Gasteiger partial charge < -0.3 is 35.0 Å². The van der Waals surface area contributed by atoms with Crippen LogP contribution in [0.25, 0.3) is 6.08 Å². The van der Waals surface area contributed by atoms with Crippen LogP contribution in [0.2, 0.25) is 0 Å². The third kappa shape index (κ3) is 5.34. The number of hydrogen-bond acceptors (Lipinski definition) is 8. The number of fused-ring (bicyclic) bond motifs is 1. The molecule has 2 heterocycles. The Kier molecular flexibility index (Phi) is 7.99. The highest BCUT2D eigenvalue weighted by Crippen LogP contribution is 2.29. The number of likely N-dealkylation sites (N-methyl/N-ethyl adjacent to an activating group) is 1. The summed E-state index contributed by atoms with van der Waals surface area (Å²) >= 11 is 1.47. The van der Waals surface area contributed by atoms with Crippen molar-refractivity contribution in [3.8, 4) is 5.75 Å². The zero-order chi connectivity index (χ0) is 23.3. The summed E-state index contributed by atoms with van der Waals surface area (Å²) in [6.45, 7) is -0.118. The summed E-state index contributed by atoms with van der Waals surface area (Å²) in [5.41, 5.74) is 1.39. The summed E-state index contributed by atoms with van der Waals surface area (Å²) in [6.07, 6.45) is -3.52. The van der Waals surface area contributed by atoms with Crippen LogP contribution in [0, 0.1) is 0 Å². The van der Waals surface area contributed by atoms with Gasteiger partial charge in [-0.2, -0.15) is 11.3 Å². The maximum Gasteiger partial charge on any atom is 0.252 e. The number of anilines is 1. The highest BCUT2D eigenvalue weighted by atomic mass is 32.1. The molecule has 0 bridgehead atoms. The average Bonchev–Trinajstić information content (AvgIpc) is 3.29. The first-order chi connectivity index (χ1) is 15.3. The number of aliphatic hydroxyl groups excluding tert-OH is 3. The topological polar surface area (TPSA) is 129 Å². The van der Waals surface area contributed by atoms with Gasteiger partial charge in [0.05, 0.1) is 5.69 Å². The van der Waals surface area contributed by atoms with Crippen molar-refractivity contribution in [3.05, 3.63) is 52.7 Å². The molecule has 1 aliphatic heterocycles. The number of nitrogens with zero attached hydrogens (tertiary/aromatic N) is 1. The lowest BCUT2D eigenvalue weighted by Gasteiger charge is -2.28. The summed E-state index contributed by atoms with van der Waals surface area (Å²) in [5.74, 6) is -0.735. The number of methoxy groups -OCH3 is 1. The summed E-state index contributed by atoms with van der Waals surface area (Å²) < 4.78 is 10.7. The SMILES string of the molecule is CO[C@@H](C(=O)N[C@H]1COc2ccccc2N(C)C1=O)[C@H](O)[C@@H](O)[C@H](O)/C=C/c1ccsc1. The predicted molar refractivity (Wildman–Crippen MR) is 119 cm³/mol. The molecule has 0 saturated carbocycles. The van der Waals surface area contributed by atoms with Crippen molar-refractivity contribution in [3.63, 3.8) is 0 Å². The Morgan fingerprint density at radius 2 is 2.03 bits per heavy atom. The number of para-hydroxylation sites is 2. The summed E-state index contributed by atoms with van der Waals surface area (Å²) in [4.78, 5) is 26.9. The number of rotatable bonds is 8. The van der Waals surface area contributed by atoms with E-state index >= 15 is 0 Å². The van der Waals surface area contributed by atoms with Crippen LogP contribution in [0.5, 0.6) is 5.75 Å². The zero-order valence-corrected chi connectivity index (χ0v) is 18.4. The molecule has 0 unspecified atom stereocenters. The Bertz CT molecular complexity index is 950. The van der Waals surface area contributed by atoms with Gasteiger partial charge in [-0.05, 0) is 34.5 Å². The lowest BCUT2D eigenvalue weighted by atomic mass is 10.0. The third-order valence-corrected chi connectivity index (χ3v) is 5.83. The van der Waals surface area contributed by atoms with Crippen molar-refractivity contribution in [1.29, 1.82) is 0 Å². The normalized spacial score (nSPS) is 20.1. The molecule has 2 amide bonds. The van der Waals surface area contributed by atoms with Gasteiger partial charge >= 0.3 is 0 Å². The molecule has 0 saturated heterocycles. The molecule has 1 aliphatic rings. The van der Waals surface area contributed by atoms with Crippen LogP contribution in [0.3, 0.4) is 0 Å². The molecule has 0 aliphatic carbocycles. The number of nitrogens with one attached hydrogen (secondary N) is 1. The van der Waals surface area contributed by atoms with Crippen molar-refractivity contribution in [2.45, 2.75) is 30.5 Å². The molecular weight excluding hydrogens is 436 g/mol. The average molecular weight is 463 g/mol. The Morgan fingerprint density at radius 3 is 2.72 bits per heavy atom. The van der Waals surface area contributed by atoms with Crippen LogP contribution in [0.4, 0.5) is 5.69 Å². The van der Waals surface area contributed by atoms with E-state index in [0.29, 0.717) is 11.4 Å². The minimum Gasteiger partial charge on any atom is -0.489 e. The van der Waals surface area contributed by atoms with E-state index in [2.05, 4.69) is 5.32 Å². The fourth-order valence-electron chi connectivity index (χ4n) is 3.29. The van der Waals surface area contributed by atoms with Crippen LogP contribution in [0.1, 0.15) is 5.56 Å². The lowest BCUT2D eigenvalue weighted by Crippen LogP contribution is -2.56. The monoisotopic (exact) mass is 462 g/mol. The van der Waals surface area contributed by atoms with Crippen molar-refractivity contribution < 1.29 is 34.4 Å². The molecule has 0 radical (unpaired) electrons. The van der Waals surface area contributed by atoms with E-state index in [0.717, 1.165) is 5.56 Å². The molecule has 5 atom stereocenters. The molecule has 9 nitrogen and oxygen atoms in total. The van der Waals surface area contributed by atoms with Gasteiger partial charge in [0.1, 0.15) is 36.7 Å². The molecule has 0 spiro atoms. The molecule has 10 heteroatoms. The van der Waals surface area contributed by atoms with E-state index in [-0.39, 0.29) is 6.61 Å². The lowest BCUT2D eigenvalue weighted by molar-refractivity contribution is -0.150. The van der Waals surface area contributed by atoms with Gasteiger partial charge in [0.2, 0.25) is 0 Å². The van der Waals surface area contributed by atoms with E-state index < -0.39 is 42.3 Å².